The number of unbranched alkanes of at least 4 members (excludes halogenated alkanes) is 20. The molecule has 1 aliphatic rings. The largest absolute Gasteiger partial charge is 0.466 e. The fourth-order valence-corrected chi connectivity index (χ4v) is 8.73. The number of esters is 2. The summed E-state index contributed by atoms with van der Waals surface area (Å²) in [5.74, 6) is 1.48. The number of ether oxygens (including phenoxy) is 2. The first-order valence-electron chi connectivity index (χ1n) is 26.0. The highest BCUT2D eigenvalue weighted by Gasteiger charge is 2.18. The first kappa shape index (κ1) is 57.5. The average molecular weight is 836 g/mol. The summed E-state index contributed by atoms with van der Waals surface area (Å²) in [5, 5.41) is 2.24. The number of carbonyl (C=O) groups is 3. The molecule has 0 aromatic carbocycles. The summed E-state index contributed by atoms with van der Waals surface area (Å²) in [4.78, 5) is 39.2. The second-order valence-electron chi connectivity index (χ2n) is 18.1. The van der Waals surface area contributed by atoms with Crippen molar-refractivity contribution in [3.8, 4) is 0 Å². The van der Waals surface area contributed by atoms with E-state index in [1.807, 2.05) is 6.79 Å². The van der Waals surface area contributed by atoms with Crippen LogP contribution in [0, 0.1) is 11.8 Å². The van der Waals surface area contributed by atoms with Crippen molar-refractivity contribution in [3.63, 3.8) is 0 Å². The summed E-state index contributed by atoms with van der Waals surface area (Å²) in [5.41, 5.74) is 0. The summed E-state index contributed by atoms with van der Waals surface area (Å²) in [6.45, 7) is 14.5. The van der Waals surface area contributed by atoms with Gasteiger partial charge in [0.05, 0.1) is 19.3 Å². The Morgan fingerprint density at radius 1 is 0.424 bits per heavy atom. The van der Waals surface area contributed by atoms with E-state index in [2.05, 4.69) is 32.8 Å². The van der Waals surface area contributed by atoms with Crippen LogP contribution in [0.1, 0.15) is 272 Å². The third-order valence-corrected chi connectivity index (χ3v) is 12.6. The Morgan fingerprint density at radius 3 is 1.07 bits per heavy atom. The summed E-state index contributed by atoms with van der Waals surface area (Å²) >= 11 is 0. The SMILES string of the molecule is C=O.CCCCCC(CCCCC)CCOC(=O)CCCCCCCCCC(CCCCCCCCCC(=O)OCCC(CCCCC)CCCCC)ON1CCCC1. The Labute approximate surface area is 367 Å². The van der Waals surface area contributed by atoms with Gasteiger partial charge in [0.25, 0.3) is 0 Å². The van der Waals surface area contributed by atoms with Crippen molar-refractivity contribution >= 4 is 18.7 Å². The molecule has 59 heavy (non-hydrogen) atoms. The van der Waals surface area contributed by atoms with E-state index in [0.29, 0.717) is 32.2 Å². The zero-order chi connectivity index (χ0) is 43.3. The van der Waals surface area contributed by atoms with Crippen LogP contribution in [-0.2, 0) is 28.7 Å². The monoisotopic (exact) mass is 836 g/mol. The van der Waals surface area contributed by atoms with Crippen LogP contribution in [0.5, 0.6) is 0 Å². The molecular formula is C52H101NO6. The number of hydrogen-bond acceptors (Lipinski definition) is 7. The molecule has 0 radical (unpaired) electrons. The van der Waals surface area contributed by atoms with E-state index < -0.39 is 0 Å². The molecule has 350 valence electrons. The molecule has 0 saturated carbocycles. The highest BCUT2D eigenvalue weighted by Crippen LogP contribution is 2.24. The van der Waals surface area contributed by atoms with Gasteiger partial charge in [-0.15, -0.1) is 0 Å². The van der Waals surface area contributed by atoms with E-state index in [1.54, 1.807) is 0 Å². The second kappa shape index (κ2) is 46.0. The fraction of sp³-hybridized carbons (Fsp3) is 0.942. The molecule has 7 heteroatoms. The van der Waals surface area contributed by atoms with Gasteiger partial charge < -0.3 is 14.3 Å². The predicted octanol–water partition coefficient (Wildman–Crippen LogP) is 15.6. The molecule has 0 atom stereocenters. The molecule has 0 unspecified atom stereocenters. The van der Waals surface area contributed by atoms with Crippen molar-refractivity contribution < 1.29 is 28.7 Å². The van der Waals surface area contributed by atoms with Crippen molar-refractivity contribution in [1.29, 1.82) is 0 Å². The maximum atomic E-state index is 12.3. The number of hydrogen-bond donors (Lipinski definition) is 0. The molecule has 1 rings (SSSR count). The molecule has 1 heterocycles. The lowest BCUT2D eigenvalue weighted by Crippen LogP contribution is -2.27. The van der Waals surface area contributed by atoms with Crippen molar-refractivity contribution in [2.24, 2.45) is 11.8 Å². The van der Waals surface area contributed by atoms with E-state index in [9.17, 15) is 9.59 Å². The Kier molecular flexibility index (Phi) is 44.9. The van der Waals surface area contributed by atoms with Gasteiger partial charge in [0.15, 0.2) is 0 Å². The molecule has 7 nitrogen and oxygen atoms in total. The Balaban J connectivity index is 0.0000165. The van der Waals surface area contributed by atoms with Gasteiger partial charge in [-0.1, -0.05) is 207 Å². The van der Waals surface area contributed by atoms with Crippen LogP contribution in [0.4, 0.5) is 0 Å². The molecule has 0 aliphatic carbocycles. The van der Waals surface area contributed by atoms with Crippen LogP contribution in [0.15, 0.2) is 0 Å². The molecule has 0 amide bonds. The lowest BCUT2D eigenvalue weighted by Gasteiger charge is -2.24. The van der Waals surface area contributed by atoms with Crippen molar-refractivity contribution in [2.45, 2.75) is 278 Å². The first-order chi connectivity index (χ1) is 29.0. The van der Waals surface area contributed by atoms with Crippen LogP contribution in [-0.4, -0.2) is 56.2 Å². The van der Waals surface area contributed by atoms with Crippen LogP contribution in [0.2, 0.25) is 0 Å². The Bertz CT molecular complexity index is 799. The molecule has 0 N–H and O–H groups in total. The second-order valence-corrected chi connectivity index (χ2v) is 18.1. The third-order valence-electron chi connectivity index (χ3n) is 12.6. The molecule has 0 aromatic rings. The first-order valence-corrected chi connectivity index (χ1v) is 26.0. The minimum absolute atomic E-state index is 0.0126. The summed E-state index contributed by atoms with van der Waals surface area (Å²) in [6.07, 6.45) is 46.2. The van der Waals surface area contributed by atoms with Gasteiger partial charge in [-0.05, 0) is 63.2 Å². The van der Waals surface area contributed by atoms with E-state index in [0.717, 1.165) is 63.5 Å². The van der Waals surface area contributed by atoms with Crippen LogP contribution >= 0.6 is 0 Å². The van der Waals surface area contributed by atoms with Crippen LogP contribution in [0.3, 0.4) is 0 Å². The quantitative estimate of drug-likeness (QED) is 0.0446. The van der Waals surface area contributed by atoms with Gasteiger partial charge in [0.1, 0.15) is 6.79 Å². The van der Waals surface area contributed by atoms with Crippen molar-refractivity contribution in [2.75, 3.05) is 26.3 Å². The average Bonchev–Trinajstić information content (AvgIpc) is 3.76. The minimum Gasteiger partial charge on any atom is -0.466 e. The summed E-state index contributed by atoms with van der Waals surface area (Å²) in [7, 11) is 0. The predicted molar refractivity (Wildman–Crippen MR) is 251 cm³/mol. The van der Waals surface area contributed by atoms with E-state index >= 15 is 0 Å². The molecule has 1 saturated heterocycles. The van der Waals surface area contributed by atoms with Crippen LogP contribution < -0.4 is 0 Å². The van der Waals surface area contributed by atoms with Crippen molar-refractivity contribution in [1.82, 2.24) is 5.06 Å². The summed E-state index contributed by atoms with van der Waals surface area (Å²) < 4.78 is 11.3. The van der Waals surface area contributed by atoms with E-state index in [4.69, 9.17) is 19.1 Å². The maximum Gasteiger partial charge on any atom is 0.305 e. The normalized spacial score (nSPS) is 13.1. The Hall–Kier alpha value is -1.47. The maximum absolute atomic E-state index is 12.3. The van der Waals surface area contributed by atoms with Gasteiger partial charge >= 0.3 is 11.9 Å². The zero-order valence-corrected chi connectivity index (χ0v) is 40.0. The topological polar surface area (TPSA) is 82.1 Å². The lowest BCUT2D eigenvalue weighted by atomic mass is 9.92. The smallest absolute Gasteiger partial charge is 0.305 e. The van der Waals surface area contributed by atoms with Gasteiger partial charge in [0.2, 0.25) is 0 Å². The number of hydroxylamine groups is 2. The third kappa shape index (κ3) is 39.1. The highest BCUT2D eigenvalue weighted by molar-refractivity contribution is 5.69. The zero-order valence-electron chi connectivity index (χ0n) is 40.0. The lowest BCUT2D eigenvalue weighted by molar-refractivity contribution is -0.188. The standard InChI is InChI=1S/C51H99NO5.CH2O/c1-5-9-23-33-47(34-24-10-6-2)41-45-55-50(53)39-29-21-17-13-15-19-27-37-49(57-52-43-31-32-44-52)38-28-20-16-14-18-22-30-40-51(54)56-46-42-48(35-25-11-7-3)36-26-12-8-4;1-2/h47-49H,5-46H2,1-4H3;1H2. The molecule has 0 aromatic heterocycles. The molecule has 1 fully saturated rings. The molecule has 0 spiro atoms. The van der Waals surface area contributed by atoms with Gasteiger partial charge in [-0.3, -0.25) is 14.4 Å². The van der Waals surface area contributed by atoms with E-state index in [1.165, 1.54) is 193 Å². The van der Waals surface area contributed by atoms with Gasteiger partial charge in [-0.25, -0.2) is 0 Å². The molecule has 0 bridgehead atoms. The van der Waals surface area contributed by atoms with E-state index in [-0.39, 0.29) is 11.9 Å². The fourth-order valence-electron chi connectivity index (χ4n) is 8.73. The molecular weight excluding hydrogens is 735 g/mol. The van der Waals surface area contributed by atoms with Gasteiger partial charge in [0, 0.05) is 25.9 Å². The highest BCUT2D eigenvalue weighted by atomic mass is 16.7. The Morgan fingerprint density at radius 2 is 0.729 bits per heavy atom. The molecule has 1 aliphatic heterocycles. The number of rotatable bonds is 44. The van der Waals surface area contributed by atoms with Crippen molar-refractivity contribution in [3.05, 3.63) is 0 Å². The summed E-state index contributed by atoms with van der Waals surface area (Å²) in [6, 6.07) is 0. The van der Waals surface area contributed by atoms with Gasteiger partial charge in [-0.2, -0.15) is 5.06 Å². The number of carbonyl (C=O) groups excluding carboxylic acids is 3. The number of nitrogens with zero attached hydrogens (tertiary/aromatic N) is 1. The van der Waals surface area contributed by atoms with Crippen LogP contribution in [0.25, 0.3) is 0 Å². The minimum atomic E-state index is 0.0126.